The van der Waals surface area contributed by atoms with E-state index < -0.39 is 6.29 Å². The summed E-state index contributed by atoms with van der Waals surface area (Å²) in [6, 6.07) is 4.60. The van der Waals surface area contributed by atoms with Crippen LogP contribution < -0.4 is 14.8 Å². The highest BCUT2D eigenvalue weighted by Gasteiger charge is 2.43. The van der Waals surface area contributed by atoms with Crippen molar-refractivity contribution in [2.45, 2.75) is 12.7 Å². The first-order valence-corrected chi connectivity index (χ1v) is 4.85. The monoisotopic (exact) mass is 227 g/mol. The molecule has 2 rings (SSSR count). The van der Waals surface area contributed by atoms with Gasteiger partial charge in [0, 0.05) is 18.3 Å². The number of anilines is 1. The van der Waals surface area contributed by atoms with E-state index in [0.29, 0.717) is 12.2 Å². The molecule has 0 radical (unpaired) electrons. The first-order chi connectivity index (χ1) is 7.61. The van der Waals surface area contributed by atoms with Crippen molar-refractivity contribution in [2.24, 2.45) is 0 Å². The second-order valence-electron chi connectivity index (χ2n) is 3.33. The van der Waals surface area contributed by atoms with Crippen molar-refractivity contribution in [3.63, 3.8) is 0 Å². The van der Waals surface area contributed by atoms with Gasteiger partial charge in [0.15, 0.2) is 11.5 Å². The second-order valence-corrected chi connectivity index (χ2v) is 3.33. The molecule has 0 aromatic heterocycles. The van der Waals surface area contributed by atoms with Gasteiger partial charge >= 0.3 is 6.29 Å². The lowest BCUT2D eigenvalue weighted by atomic mass is 10.2. The van der Waals surface area contributed by atoms with Gasteiger partial charge in [0.1, 0.15) is 0 Å². The fourth-order valence-electron chi connectivity index (χ4n) is 1.38. The molecule has 0 saturated heterocycles. The Morgan fingerprint density at radius 2 is 2.06 bits per heavy atom. The summed E-state index contributed by atoms with van der Waals surface area (Å²) in [7, 11) is 0. The second kappa shape index (κ2) is 4.00. The molecule has 0 unspecified atom stereocenters. The zero-order valence-corrected chi connectivity index (χ0v) is 8.50. The maximum absolute atomic E-state index is 12.7. The van der Waals surface area contributed by atoms with Crippen LogP contribution in [-0.2, 0) is 0 Å². The molecule has 5 heteroatoms. The number of nitrogens with one attached hydrogen (secondary N) is 1. The maximum atomic E-state index is 12.7. The summed E-state index contributed by atoms with van der Waals surface area (Å²) in [4.78, 5) is 0. The molecule has 1 N–H and O–H groups in total. The standard InChI is InChI=1S/C11H11F2NO2/c1-2-3-6-14-8-4-5-9-10(7-8)16-11(12,13)15-9/h2,4-5,7,14H,1,3,6H2. The summed E-state index contributed by atoms with van der Waals surface area (Å²) in [5, 5.41) is 3.05. The fraction of sp³-hybridized carbons (Fsp3) is 0.273. The van der Waals surface area contributed by atoms with Gasteiger partial charge in [0.2, 0.25) is 0 Å². The molecule has 0 amide bonds. The summed E-state index contributed by atoms with van der Waals surface area (Å²) in [6.07, 6.45) is -0.985. The lowest BCUT2D eigenvalue weighted by Gasteiger charge is -2.05. The minimum absolute atomic E-state index is 0.0496. The van der Waals surface area contributed by atoms with Crippen LogP contribution in [0.25, 0.3) is 0 Å². The third kappa shape index (κ3) is 2.24. The van der Waals surface area contributed by atoms with E-state index >= 15 is 0 Å². The molecular weight excluding hydrogens is 216 g/mol. The molecule has 0 aliphatic carbocycles. The molecule has 86 valence electrons. The van der Waals surface area contributed by atoms with Crippen LogP contribution in [0.3, 0.4) is 0 Å². The van der Waals surface area contributed by atoms with E-state index in [1.807, 2.05) is 0 Å². The average molecular weight is 227 g/mol. The summed E-state index contributed by atoms with van der Waals surface area (Å²) in [6.45, 7) is 4.28. The summed E-state index contributed by atoms with van der Waals surface area (Å²) >= 11 is 0. The SMILES string of the molecule is C=CCCNc1ccc2c(c1)OC(F)(F)O2. The molecule has 1 aliphatic heterocycles. The highest BCUT2D eigenvalue weighted by molar-refractivity contribution is 5.55. The Bertz CT molecular complexity index is 407. The van der Waals surface area contributed by atoms with Crippen LogP contribution in [0.2, 0.25) is 0 Å². The van der Waals surface area contributed by atoms with Crippen molar-refractivity contribution in [3.05, 3.63) is 30.9 Å². The minimum atomic E-state index is -3.55. The smallest absolute Gasteiger partial charge is 0.395 e. The Labute approximate surface area is 91.7 Å². The number of alkyl halides is 2. The summed E-state index contributed by atoms with van der Waals surface area (Å²) < 4.78 is 34.0. The third-order valence-electron chi connectivity index (χ3n) is 2.08. The van der Waals surface area contributed by atoms with Crippen LogP contribution in [0.1, 0.15) is 6.42 Å². The van der Waals surface area contributed by atoms with Crippen LogP contribution >= 0.6 is 0 Å². The van der Waals surface area contributed by atoms with Crippen LogP contribution in [0, 0.1) is 0 Å². The van der Waals surface area contributed by atoms with Crippen LogP contribution in [0.15, 0.2) is 30.9 Å². The summed E-state index contributed by atoms with van der Waals surface area (Å²) in [5.41, 5.74) is 0.710. The normalized spacial score (nSPS) is 15.9. The molecule has 1 aliphatic rings. The number of hydrogen-bond acceptors (Lipinski definition) is 3. The number of rotatable bonds is 4. The summed E-state index contributed by atoms with van der Waals surface area (Å²) in [5.74, 6) is 0.105. The molecule has 0 spiro atoms. The average Bonchev–Trinajstić information content (AvgIpc) is 2.51. The molecule has 1 aromatic carbocycles. The number of ether oxygens (including phenoxy) is 2. The maximum Gasteiger partial charge on any atom is 0.586 e. The molecule has 1 heterocycles. The fourth-order valence-corrected chi connectivity index (χ4v) is 1.38. The Hall–Kier alpha value is -1.78. The molecule has 0 bridgehead atoms. The van der Waals surface area contributed by atoms with Crippen molar-refractivity contribution in [1.82, 2.24) is 0 Å². The Balaban J connectivity index is 2.07. The highest BCUT2D eigenvalue weighted by atomic mass is 19.3. The van der Waals surface area contributed by atoms with Gasteiger partial charge < -0.3 is 14.8 Å². The predicted molar refractivity (Wildman–Crippen MR) is 55.9 cm³/mol. The molecular formula is C11H11F2NO2. The molecule has 0 saturated carbocycles. The van der Waals surface area contributed by atoms with Crippen molar-refractivity contribution in [3.8, 4) is 11.5 Å². The minimum Gasteiger partial charge on any atom is -0.395 e. The molecule has 16 heavy (non-hydrogen) atoms. The van der Waals surface area contributed by atoms with Crippen LogP contribution in [0.4, 0.5) is 14.5 Å². The van der Waals surface area contributed by atoms with Crippen molar-refractivity contribution < 1.29 is 18.3 Å². The van der Waals surface area contributed by atoms with Crippen molar-refractivity contribution in [1.29, 1.82) is 0 Å². The van der Waals surface area contributed by atoms with E-state index in [1.165, 1.54) is 12.1 Å². The zero-order chi connectivity index (χ0) is 11.6. The van der Waals surface area contributed by atoms with E-state index in [0.717, 1.165) is 6.42 Å². The van der Waals surface area contributed by atoms with Crippen molar-refractivity contribution in [2.75, 3.05) is 11.9 Å². The molecule has 0 fully saturated rings. The van der Waals surface area contributed by atoms with Gasteiger partial charge in [-0.3, -0.25) is 0 Å². The highest BCUT2D eigenvalue weighted by Crippen LogP contribution is 2.42. The first kappa shape index (κ1) is 10.7. The van der Waals surface area contributed by atoms with Crippen LogP contribution in [0.5, 0.6) is 11.5 Å². The molecule has 3 nitrogen and oxygen atoms in total. The largest absolute Gasteiger partial charge is 0.586 e. The van der Waals surface area contributed by atoms with Gasteiger partial charge in [0.05, 0.1) is 0 Å². The number of halogens is 2. The van der Waals surface area contributed by atoms with E-state index in [4.69, 9.17) is 0 Å². The Kier molecular flexibility index (Phi) is 2.68. The topological polar surface area (TPSA) is 30.5 Å². The van der Waals surface area contributed by atoms with Gasteiger partial charge in [-0.2, -0.15) is 0 Å². The van der Waals surface area contributed by atoms with E-state index in [9.17, 15) is 8.78 Å². The quantitative estimate of drug-likeness (QED) is 0.633. The van der Waals surface area contributed by atoms with Gasteiger partial charge in [-0.25, -0.2) is 0 Å². The zero-order valence-electron chi connectivity index (χ0n) is 8.50. The number of fused-ring (bicyclic) bond motifs is 1. The van der Waals surface area contributed by atoms with E-state index in [1.54, 1.807) is 12.1 Å². The first-order valence-electron chi connectivity index (χ1n) is 4.85. The lowest BCUT2D eigenvalue weighted by molar-refractivity contribution is -0.286. The Morgan fingerprint density at radius 3 is 2.81 bits per heavy atom. The predicted octanol–water partition coefficient (Wildman–Crippen LogP) is 3.00. The van der Waals surface area contributed by atoms with Crippen molar-refractivity contribution >= 4 is 5.69 Å². The van der Waals surface area contributed by atoms with E-state index in [-0.39, 0.29) is 11.5 Å². The molecule has 0 atom stereocenters. The molecule has 1 aromatic rings. The lowest BCUT2D eigenvalue weighted by Crippen LogP contribution is -2.25. The third-order valence-corrected chi connectivity index (χ3v) is 2.08. The number of benzene rings is 1. The van der Waals surface area contributed by atoms with Gasteiger partial charge in [0.25, 0.3) is 0 Å². The van der Waals surface area contributed by atoms with Gasteiger partial charge in [-0.1, -0.05) is 6.08 Å². The van der Waals surface area contributed by atoms with Gasteiger partial charge in [-0.15, -0.1) is 15.4 Å². The Morgan fingerprint density at radius 1 is 1.31 bits per heavy atom. The van der Waals surface area contributed by atoms with Gasteiger partial charge in [-0.05, 0) is 18.6 Å². The van der Waals surface area contributed by atoms with E-state index in [2.05, 4.69) is 21.4 Å². The number of hydrogen-bond donors (Lipinski definition) is 1. The van der Waals surface area contributed by atoms with Crippen LogP contribution in [-0.4, -0.2) is 12.8 Å².